The Hall–Kier alpha value is -1.84. The minimum atomic E-state index is -1.03. The summed E-state index contributed by atoms with van der Waals surface area (Å²) in [5.41, 5.74) is 0. The van der Waals surface area contributed by atoms with Gasteiger partial charge in [0.05, 0.1) is 71.4 Å². The Morgan fingerprint density at radius 3 is 1.40 bits per heavy atom. The van der Waals surface area contributed by atoms with Crippen molar-refractivity contribution in [3.63, 3.8) is 0 Å². The van der Waals surface area contributed by atoms with Crippen LogP contribution in [0.4, 0.5) is 0 Å². The molecule has 0 aromatic heterocycles. The van der Waals surface area contributed by atoms with Crippen molar-refractivity contribution in [1.29, 1.82) is 0 Å². The monoisotopic (exact) mass is 823 g/mol. The zero-order valence-electron chi connectivity index (χ0n) is 32.9. The number of ether oxygens (including phenoxy) is 5. The van der Waals surface area contributed by atoms with Crippen LogP contribution in [0.25, 0.3) is 0 Å². The maximum Gasteiger partial charge on any atom is 0.326 e. The maximum atomic E-state index is 12.3. The standard InChI is InChI=1S/C39H74BrN3O10/c1-2-3-4-5-6-7-8-9-10-11-12-13-14-15-16-20-37(45)43-35(39(47)48)19-17-18-22-41-36(44)21-24-49-26-28-51-30-32-53-33-31-52-29-27-50-25-23-42-38(46)34-40/h35H,2-34H2,1H3,(H,41,44)(H,42,46)(H,43,45)(H,47,48). The highest BCUT2D eigenvalue weighted by Gasteiger charge is 2.19. The summed E-state index contributed by atoms with van der Waals surface area (Å²) in [5, 5.41) is 18.0. The number of hydrogen-bond acceptors (Lipinski definition) is 9. The van der Waals surface area contributed by atoms with Gasteiger partial charge in [0.1, 0.15) is 6.04 Å². The van der Waals surface area contributed by atoms with E-state index in [1.807, 2.05) is 0 Å². The summed E-state index contributed by atoms with van der Waals surface area (Å²) in [4.78, 5) is 47.0. The minimum absolute atomic E-state index is 0.0715. The minimum Gasteiger partial charge on any atom is -0.480 e. The lowest BCUT2D eigenvalue weighted by atomic mass is 10.0. The van der Waals surface area contributed by atoms with Crippen molar-refractivity contribution in [2.75, 3.05) is 84.5 Å². The second kappa shape index (κ2) is 41.3. The van der Waals surface area contributed by atoms with Crippen molar-refractivity contribution in [3.05, 3.63) is 0 Å². The van der Waals surface area contributed by atoms with E-state index in [0.717, 1.165) is 19.3 Å². The van der Waals surface area contributed by atoms with Gasteiger partial charge in [0, 0.05) is 25.9 Å². The van der Waals surface area contributed by atoms with Gasteiger partial charge >= 0.3 is 5.97 Å². The van der Waals surface area contributed by atoms with Gasteiger partial charge in [-0.1, -0.05) is 113 Å². The van der Waals surface area contributed by atoms with Crippen LogP contribution in [0.3, 0.4) is 0 Å². The van der Waals surface area contributed by atoms with Crippen molar-refractivity contribution in [3.8, 4) is 0 Å². The summed E-state index contributed by atoms with van der Waals surface area (Å²) in [6.45, 7) is 7.34. The van der Waals surface area contributed by atoms with Crippen molar-refractivity contribution in [1.82, 2.24) is 16.0 Å². The number of carboxylic acids is 1. The first-order valence-corrected chi connectivity index (χ1v) is 21.5. The fourth-order valence-corrected chi connectivity index (χ4v) is 5.63. The van der Waals surface area contributed by atoms with E-state index < -0.39 is 12.0 Å². The second-order valence-electron chi connectivity index (χ2n) is 13.3. The first-order chi connectivity index (χ1) is 25.9. The number of hydrogen-bond donors (Lipinski definition) is 4. The summed E-state index contributed by atoms with van der Waals surface area (Å²) in [5.74, 6) is -1.43. The van der Waals surface area contributed by atoms with Crippen LogP contribution in [0.5, 0.6) is 0 Å². The molecule has 0 radical (unpaired) electrons. The number of rotatable bonds is 42. The predicted octanol–water partition coefficient (Wildman–Crippen LogP) is 6.09. The smallest absolute Gasteiger partial charge is 0.326 e. The molecule has 13 nitrogen and oxygen atoms in total. The van der Waals surface area contributed by atoms with Gasteiger partial charge in [-0.3, -0.25) is 14.4 Å². The first-order valence-electron chi connectivity index (χ1n) is 20.4. The Balaban J connectivity index is 3.53. The summed E-state index contributed by atoms with van der Waals surface area (Å²) in [6, 6.07) is -0.903. The molecule has 0 saturated carbocycles. The number of carbonyl (C=O) groups excluding carboxylic acids is 3. The van der Waals surface area contributed by atoms with Gasteiger partial charge in [-0.2, -0.15) is 0 Å². The topological polar surface area (TPSA) is 171 Å². The molecule has 0 aliphatic heterocycles. The van der Waals surface area contributed by atoms with E-state index in [1.165, 1.54) is 77.0 Å². The Morgan fingerprint density at radius 2 is 0.925 bits per heavy atom. The molecule has 0 rings (SSSR count). The largest absolute Gasteiger partial charge is 0.480 e. The van der Waals surface area contributed by atoms with Gasteiger partial charge in [0.15, 0.2) is 0 Å². The van der Waals surface area contributed by atoms with Gasteiger partial charge < -0.3 is 44.7 Å². The molecule has 14 heteroatoms. The fourth-order valence-electron chi connectivity index (χ4n) is 5.43. The van der Waals surface area contributed by atoms with Crippen molar-refractivity contribution in [2.24, 2.45) is 0 Å². The third-order valence-electron chi connectivity index (χ3n) is 8.53. The van der Waals surface area contributed by atoms with Crippen LogP contribution in [0.15, 0.2) is 0 Å². The van der Waals surface area contributed by atoms with E-state index in [0.29, 0.717) is 98.2 Å². The summed E-state index contributed by atoms with van der Waals surface area (Å²) in [7, 11) is 0. The highest BCUT2D eigenvalue weighted by atomic mass is 79.9. The van der Waals surface area contributed by atoms with Crippen LogP contribution in [0, 0.1) is 0 Å². The second-order valence-corrected chi connectivity index (χ2v) is 13.9. The summed E-state index contributed by atoms with van der Waals surface area (Å²) in [6.07, 6.45) is 21.0. The zero-order valence-corrected chi connectivity index (χ0v) is 34.5. The average molecular weight is 825 g/mol. The van der Waals surface area contributed by atoms with Crippen molar-refractivity contribution in [2.45, 2.75) is 141 Å². The fraction of sp³-hybridized carbons (Fsp3) is 0.897. The van der Waals surface area contributed by atoms with E-state index in [2.05, 4.69) is 38.8 Å². The van der Waals surface area contributed by atoms with Crippen LogP contribution in [-0.4, -0.2) is 119 Å². The SMILES string of the molecule is CCCCCCCCCCCCCCCCCC(=O)NC(CCCCNC(=O)CCOCCOCCOCCOCCOCCNC(=O)CBr)C(=O)O. The third-order valence-corrected chi connectivity index (χ3v) is 9.04. The number of aliphatic carboxylic acids is 1. The lowest BCUT2D eigenvalue weighted by Crippen LogP contribution is -2.40. The molecule has 0 fully saturated rings. The van der Waals surface area contributed by atoms with Gasteiger partial charge in [-0.15, -0.1) is 0 Å². The molecule has 53 heavy (non-hydrogen) atoms. The van der Waals surface area contributed by atoms with Crippen LogP contribution < -0.4 is 16.0 Å². The van der Waals surface area contributed by atoms with Gasteiger partial charge in [-0.25, -0.2) is 4.79 Å². The normalized spacial score (nSPS) is 11.7. The highest BCUT2D eigenvalue weighted by molar-refractivity contribution is 9.09. The number of unbranched alkanes of at least 4 members (excludes halogenated alkanes) is 15. The van der Waals surface area contributed by atoms with Crippen LogP contribution in [-0.2, 0) is 42.9 Å². The lowest BCUT2D eigenvalue weighted by Gasteiger charge is -2.14. The van der Waals surface area contributed by atoms with Gasteiger partial charge in [0.25, 0.3) is 0 Å². The molecule has 0 heterocycles. The van der Waals surface area contributed by atoms with Gasteiger partial charge in [0.2, 0.25) is 17.7 Å². The lowest BCUT2D eigenvalue weighted by molar-refractivity contribution is -0.142. The molecule has 0 saturated heterocycles. The summed E-state index contributed by atoms with van der Waals surface area (Å²) >= 11 is 3.07. The summed E-state index contributed by atoms with van der Waals surface area (Å²) < 4.78 is 27.1. The molecule has 4 N–H and O–H groups in total. The number of carboxylic acid groups (broad SMARTS) is 1. The zero-order chi connectivity index (χ0) is 38.9. The van der Waals surface area contributed by atoms with Crippen LogP contribution in [0.1, 0.15) is 135 Å². The Labute approximate surface area is 328 Å². The molecule has 1 unspecified atom stereocenters. The number of nitrogens with one attached hydrogen (secondary N) is 3. The first kappa shape index (κ1) is 51.2. The Morgan fingerprint density at radius 1 is 0.491 bits per heavy atom. The molecular weight excluding hydrogens is 750 g/mol. The molecule has 312 valence electrons. The molecular formula is C39H74BrN3O10. The Kier molecular flexibility index (Phi) is 39.9. The van der Waals surface area contributed by atoms with E-state index in [9.17, 15) is 24.3 Å². The van der Waals surface area contributed by atoms with Crippen LogP contribution >= 0.6 is 15.9 Å². The van der Waals surface area contributed by atoms with Crippen molar-refractivity contribution < 1.29 is 48.0 Å². The molecule has 3 amide bonds. The van der Waals surface area contributed by atoms with E-state index in [4.69, 9.17) is 23.7 Å². The quantitative estimate of drug-likeness (QED) is 0.0418. The van der Waals surface area contributed by atoms with E-state index in [-0.39, 0.29) is 36.1 Å². The predicted molar refractivity (Wildman–Crippen MR) is 211 cm³/mol. The highest BCUT2D eigenvalue weighted by Crippen LogP contribution is 2.14. The number of amides is 3. The molecule has 0 aromatic rings. The average Bonchev–Trinajstić information content (AvgIpc) is 3.14. The molecule has 0 aromatic carbocycles. The molecule has 0 spiro atoms. The maximum absolute atomic E-state index is 12.3. The van der Waals surface area contributed by atoms with E-state index >= 15 is 0 Å². The third kappa shape index (κ3) is 39.7. The number of alkyl halides is 1. The van der Waals surface area contributed by atoms with Crippen molar-refractivity contribution >= 4 is 39.6 Å². The van der Waals surface area contributed by atoms with Gasteiger partial charge in [-0.05, 0) is 25.7 Å². The van der Waals surface area contributed by atoms with Crippen LogP contribution in [0.2, 0.25) is 0 Å². The molecule has 1 atom stereocenters. The number of carbonyl (C=O) groups is 4. The van der Waals surface area contributed by atoms with E-state index in [1.54, 1.807) is 0 Å². The number of halogens is 1. The molecule has 0 aliphatic carbocycles. The molecule has 0 bridgehead atoms. The molecule has 0 aliphatic rings. The Bertz CT molecular complexity index is 871.